The van der Waals surface area contributed by atoms with E-state index in [2.05, 4.69) is 155 Å². The summed E-state index contributed by atoms with van der Waals surface area (Å²) in [5.41, 5.74) is 14.0. The van der Waals surface area contributed by atoms with Crippen LogP contribution in [-0.4, -0.2) is 9.79 Å². The summed E-state index contributed by atoms with van der Waals surface area (Å²) in [4.78, 5) is 20.4. The van der Waals surface area contributed by atoms with Crippen molar-refractivity contribution in [3.05, 3.63) is 74.8 Å². The van der Waals surface area contributed by atoms with Crippen LogP contribution in [-0.2, 0) is 27.1 Å². The molecular weight excluding hydrogens is 571 g/mol. The standard InChI is InChI=1S/C41H61O3P/c1-24-19-27(32(39(10,11)12)22-30(24)37(4,5)6)28-21-34(44-45(42)43)36(41(16,17)18)26(3)35(28)29-20-25(2)31(38(7,8)9)23-33(29)40(13,14)15/h19-23,42-43H,1-18H3. The molecule has 0 saturated carbocycles. The summed E-state index contributed by atoms with van der Waals surface area (Å²) in [7, 11) is -2.60. The van der Waals surface area contributed by atoms with Gasteiger partial charge in [0, 0.05) is 5.56 Å². The van der Waals surface area contributed by atoms with Crippen molar-refractivity contribution in [3.63, 3.8) is 0 Å². The lowest BCUT2D eigenvalue weighted by molar-refractivity contribution is 0.369. The maximum absolute atomic E-state index is 10.2. The van der Waals surface area contributed by atoms with E-state index in [9.17, 15) is 9.79 Å². The van der Waals surface area contributed by atoms with Gasteiger partial charge in [0.1, 0.15) is 5.75 Å². The Kier molecular flexibility index (Phi) is 10.0. The second-order valence-corrected chi connectivity index (χ2v) is 19.0. The lowest BCUT2D eigenvalue weighted by Gasteiger charge is -2.34. The van der Waals surface area contributed by atoms with Crippen LogP contribution in [0.25, 0.3) is 22.3 Å². The van der Waals surface area contributed by atoms with E-state index < -0.39 is 8.60 Å². The van der Waals surface area contributed by atoms with Gasteiger partial charge in [0.25, 0.3) is 0 Å². The predicted octanol–water partition coefficient (Wildman–Crippen LogP) is 12.0. The molecule has 0 heterocycles. The molecule has 3 nitrogen and oxygen atoms in total. The van der Waals surface area contributed by atoms with Crippen molar-refractivity contribution in [2.75, 3.05) is 0 Å². The molecule has 3 aromatic carbocycles. The van der Waals surface area contributed by atoms with Crippen molar-refractivity contribution in [2.24, 2.45) is 0 Å². The molecule has 0 radical (unpaired) electrons. The summed E-state index contributed by atoms with van der Waals surface area (Å²) in [6.07, 6.45) is 0. The second kappa shape index (κ2) is 12.1. The molecule has 0 spiro atoms. The lowest BCUT2D eigenvalue weighted by atomic mass is 9.70. The van der Waals surface area contributed by atoms with Crippen LogP contribution in [0.5, 0.6) is 5.75 Å². The molecule has 248 valence electrons. The molecule has 0 aromatic heterocycles. The topological polar surface area (TPSA) is 49.7 Å². The van der Waals surface area contributed by atoms with Gasteiger partial charge in [-0.15, -0.1) is 0 Å². The Bertz CT molecular complexity index is 1570. The number of hydrogen-bond acceptors (Lipinski definition) is 3. The maximum atomic E-state index is 10.2. The van der Waals surface area contributed by atoms with Crippen LogP contribution < -0.4 is 4.52 Å². The molecule has 2 N–H and O–H groups in total. The third-order valence-corrected chi connectivity index (χ3v) is 9.35. The van der Waals surface area contributed by atoms with Crippen LogP contribution in [0.3, 0.4) is 0 Å². The minimum absolute atomic E-state index is 0.00532. The minimum atomic E-state index is -2.60. The Balaban J connectivity index is 2.75. The van der Waals surface area contributed by atoms with Crippen LogP contribution in [0.15, 0.2) is 30.3 Å². The molecule has 0 fully saturated rings. The van der Waals surface area contributed by atoms with Crippen LogP contribution in [0.1, 0.15) is 148 Å². The molecule has 0 aliphatic carbocycles. The Morgan fingerprint density at radius 3 is 1.20 bits per heavy atom. The first-order chi connectivity index (χ1) is 20.1. The fraction of sp³-hybridized carbons (Fsp3) is 0.561. The Hall–Kier alpha value is -2.19. The monoisotopic (exact) mass is 632 g/mol. The quantitative estimate of drug-likeness (QED) is 0.281. The first-order valence-corrected chi connectivity index (χ1v) is 17.6. The summed E-state index contributed by atoms with van der Waals surface area (Å²) in [5.74, 6) is 0.535. The summed E-state index contributed by atoms with van der Waals surface area (Å²) >= 11 is 0. The summed E-state index contributed by atoms with van der Waals surface area (Å²) in [6.45, 7) is 40.6. The van der Waals surface area contributed by atoms with Gasteiger partial charge in [-0.2, -0.15) is 0 Å². The molecule has 0 atom stereocenters. The average molecular weight is 633 g/mol. The van der Waals surface area contributed by atoms with E-state index in [1.54, 1.807) is 0 Å². The Labute approximate surface area is 276 Å². The van der Waals surface area contributed by atoms with Crippen molar-refractivity contribution in [1.29, 1.82) is 0 Å². The molecular formula is C41H61O3P. The first-order valence-electron chi connectivity index (χ1n) is 16.4. The molecule has 0 amide bonds. The van der Waals surface area contributed by atoms with E-state index in [-0.39, 0.29) is 27.1 Å². The third-order valence-electron chi connectivity index (χ3n) is 8.99. The highest BCUT2D eigenvalue weighted by Crippen LogP contribution is 2.52. The average Bonchev–Trinajstić information content (AvgIpc) is 2.78. The summed E-state index contributed by atoms with van der Waals surface area (Å²) < 4.78 is 5.90. The lowest BCUT2D eigenvalue weighted by Crippen LogP contribution is -2.21. The Morgan fingerprint density at radius 2 is 0.844 bits per heavy atom. The van der Waals surface area contributed by atoms with E-state index in [4.69, 9.17) is 4.52 Å². The molecule has 3 rings (SSSR count). The fourth-order valence-electron chi connectivity index (χ4n) is 7.14. The van der Waals surface area contributed by atoms with E-state index in [0.717, 1.165) is 22.3 Å². The maximum Gasteiger partial charge on any atom is 0.391 e. The van der Waals surface area contributed by atoms with E-state index in [0.29, 0.717) is 5.75 Å². The van der Waals surface area contributed by atoms with Gasteiger partial charge in [0.2, 0.25) is 0 Å². The smallest absolute Gasteiger partial charge is 0.391 e. The number of hydrogen-bond donors (Lipinski definition) is 2. The summed E-state index contributed by atoms with van der Waals surface area (Å²) in [6, 6.07) is 11.7. The highest BCUT2D eigenvalue weighted by molar-refractivity contribution is 7.39. The predicted molar refractivity (Wildman–Crippen MR) is 197 cm³/mol. The van der Waals surface area contributed by atoms with Crippen LogP contribution in [0.4, 0.5) is 0 Å². The van der Waals surface area contributed by atoms with Crippen LogP contribution >= 0.6 is 8.60 Å². The zero-order chi connectivity index (χ0) is 34.8. The van der Waals surface area contributed by atoms with Gasteiger partial charge in [0.05, 0.1) is 0 Å². The van der Waals surface area contributed by atoms with E-state index in [1.165, 1.54) is 44.5 Å². The zero-order valence-corrected chi connectivity index (χ0v) is 32.5. The van der Waals surface area contributed by atoms with Gasteiger partial charge in [-0.3, -0.25) is 0 Å². The SMILES string of the molecule is Cc1cc(-c2cc(OP(O)O)c(C(C)(C)C)c(C)c2-c2cc(C)c(C(C)(C)C)cc2C(C)(C)C)c(C(C)(C)C)cc1C(C)(C)C. The molecule has 0 unspecified atom stereocenters. The normalized spacial score (nSPS) is 13.5. The van der Waals surface area contributed by atoms with Gasteiger partial charge < -0.3 is 14.3 Å². The van der Waals surface area contributed by atoms with Gasteiger partial charge in [0.15, 0.2) is 0 Å². The van der Waals surface area contributed by atoms with E-state index in [1.807, 2.05) is 0 Å². The van der Waals surface area contributed by atoms with Crippen molar-refractivity contribution >= 4 is 8.60 Å². The van der Waals surface area contributed by atoms with E-state index >= 15 is 0 Å². The fourth-order valence-corrected chi connectivity index (χ4v) is 7.46. The third kappa shape index (κ3) is 7.86. The zero-order valence-electron chi connectivity index (χ0n) is 31.6. The van der Waals surface area contributed by atoms with Gasteiger partial charge in [-0.25, -0.2) is 0 Å². The van der Waals surface area contributed by atoms with Crippen molar-refractivity contribution in [3.8, 4) is 28.0 Å². The molecule has 0 bridgehead atoms. The highest BCUT2D eigenvalue weighted by Gasteiger charge is 2.33. The van der Waals surface area contributed by atoms with Gasteiger partial charge >= 0.3 is 8.60 Å². The first kappa shape index (κ1) is 37.3. The molecule has 45 heavy (non-hydrogen) atoms. The van der Waals surface area contributed by atoms with Gasteiger partial charge in [-0.05, 0) is 115 Å². The minimum Gasteiger partial charge on any atom is -0.427 e. The number of aryl methyl sites for hydroxylation is 2. The highest BCUT2D eigenvalue weighted by atomic mass is 31.2. The van der Waals surface area contributed by atoms with Crippen molar-refractivity contribution in [2.45, 2.75) is 152 Å². The number of benzene rings is 3. The molecule has 0 saturated heterocycles. The van der Waals surface area contributed by atoms with Crippen LogP contribution in [0, 0.1) is 20.8 Å². The molecule has 4 heteroatoms. The van der Waals surface area contributed by atoms with Gasteiger partial charge in [-0.1, -0.05) is 128 Å². The second-order valence-electron chi connectivity index (χ2n) is 18.3. The largest absolute Gasteiger partial charge is 0.427 e. The number of rotatable bonds is 4. The van der Waals surface area contributed by atoms with Crippen molar-refractivity contribution in [1.82, 2.24) is 0 Å². The van der Waals surface area contributed by atoms with Crippen molar-refractivity contribution < 1.29 is 14.3 Å². The molecule has 3 aromatic rings. The van der Waals surface area contributed by atoms with Crippen LogP contribution in [0.2, 0.25) is 0 Å². The molecule has 0 aliphatic rings. The Morgan fingerprint density at radius 1 is 0.467 bits per heavy atom. The summed E-state index contributed by atoms with van der Waals surface area (Å²) in [5, 5.41) is 0. The molecule has 0 aliphatic heterocycles.